The van der Waals surface area contributed by atoms with Crippen molar-refractivity contribution in [2.24, 2.45) is 0 Å². The van der Waals surface area contributed by atoms with Crippen LogP contribution < -0.4 is 5.46 Å². The van der Waals surface area contributed by atoms with Crippen molar-refractivity contribution in [2.45, 2.75) is 44.3 Å². The van der Waals surface area contributed by atoms with Crippen LogP contribution >= 0.6 is 0 Å². The van der Waals surface area contributed by atoms with Gasteiger partial charge in [0.1, 0.15) is 0 Å². The second-order valence-electron chi connectivity index (χ2n) is 13.8. The van der Waals surface area contributed by atoms with Crippen LogP contribution in [0.3, 0.4) is 0 Å². The maximum atomic E-state index is 6.70. The average molecular weight is 567 g/mol. The number of hydrogen-bond acceptors (Lipinski definition) is 2. The third-order valence-electron chi connectivity index (χ3n) is 11.3. The molecule has 6 aromatic carbocycles. The summed E-state index contributed by atoms with van der Waals surface area (Å²) in [5.41, 5.74) is 15.7. The molecule has 0 aromatic heterocycles. The normalized spacial score (nSPS) is 20.5. The van der Waals surface area contributed by atoms with Crippen LogP contribution in [0, 0.1) is 0 Å². The van der Waals surface area contributed by atoms with Crippen molar-refractivity contribution in [3.05, 3.63) is 138 Å². The molecular weight excluding hydrogens is 535 g/mol. The summed E-state index contributed by atoms with van der Waals surface area (Å²) in [6, 6.07) is 43.2. The predicted octanol–water partition coefficient (Wildman–Crippen LogP) is 9.13. The molecule has 1 saturated heterocycles. The molecule has 1 atom stereocenters. The number of fused-ring (bicyclic) bond motifs is 14. The highest BCUT2D eigenvalue weighted by Crippen LogP contribution is 2.65. The van der Waals surface area contributed by atoms with E-state index in [2.05, 4.69) is 143 Å². The minimum Gasteiger partial charge on any atom is -0.399 e. The molecule has 3 aliphatic carbocycles. The maximum absolute atomic E-state index is 6.70. The van der Waals surface area contributed by atoms with E-state index in [0.29, 0.717) is 0 Å². The van der Waals surface area contributed by atoms with Crippen LogP contribution in [0.4, 0.5) is 0 Å². The molecule has 1 heterocycles. The first-order chi connectivity index (χ1) is 21.3. The Kier molecular flexibility index (Phi) is 4.53. The Morgan fingerprint density at radius 2 is 0.977 bits per heavy atom. The summed E-state index contributed by atoms with van der Waals surface area (Å²) in [6.07, 6.45) is 0. The van der Waals surface area contributed by atoms with E-state index in [1.807, 2.05) is 0 Å². The maximum Gasteiger partial charge on any atom is 0.495 e. The minimum atomic E-state index is -0.449. The van der Waals surface area contributed by atoms with Gasteiger partial charge in [-0.2, -0.15) is 0 Å². The van der Waals surface area contributed by atoms with Crippen LogP contribution in [0.15, 0.2) is 115 Å². The van der Waals surface area contributed by atoms with E-state index < -0.39 is 23.7 Å². The Morgan fingerprint density at radius 1 is 0.455 bits per heavy atom. The first-order valence-corrected chi connectivity index (χ1v) is 15.7. The van der Waals surface area contributed by atoms with Crippen molar-refractivity contribution in [3.63, 3.8) is 0 Å². The monoisotopic (exact) mass is 566 g/mol. The van der Waals surface area contributed by atoms with Crippen molar-refractivity contribution in [2.75, 3.05) is 0 Å². The van der Waals surface area contributed by atoms with Crippen molar-refractivity contribution in [1.82, 2.24) is 0 Å². The number of rotatable bonds is 1. The van der Waals surface area contributed by atoms with Crippen molar-refractivity contribution < 1.29 is 9.31 Å². The summed E-state index contributed by atoms with van der Waals surface area (Å²) < 4.78 is 13.4. The molecule has 1 unspecified atom stereocenters. The molecule has 6 aromatic rings. The first-order valence-electron chi connectivity index (χ1n) is 15.7. The molecular formula is C41H31BO2. The van der Waals surface area contributed by atoms with Crippen LogP contribution in [0.1, 0.15) is 49.9 Å². The zero-order valence-corrected chi connectivity index (χ0v) is 25.4. The Morgan fingerprint density at radius 3 is 1.66 bits per heavy atom. The van der Waals surface area contributed by atoms with E-state index in [-0.39, 0.29) is 0 Å². The van der Waals surface area contributed by atoms with Gasteiger partial charge in [0, 0.05) is 0 Å². The highest BCUT2D eigenvalue weighted by atomic mass is 16.7. The molecule has 0 radical (unpaired) electrons. The zero-order valence-electron chi connectivity index (χ0n) is 25.4. The van der Waals surface area contributed by atoms with E-state index in [1.54, 1.807) is 0 Å². The Balaban J connectivity index is 1.35. The van der Waals surface area contributed by atoms with Gasteiger partial charge in [0.05, 0.1) is 16.6 Å². The molecule has 0 N–H and O–H groups in total. The summed E-state index contributed by atoms with van der Waals surface area (Å²) in [4.78, 5) is 0. The smallest absolute Gasteiger partial charge is 0.399 e. The summed E-state index contributed by atoms with van der Waals surface area (Å²) in [6.45, 7) is 8.54. The van der Waals surface area contributed by atoms with E-state index in [1.165, 1.54) is 77.5 Å². The summed E-state index contributed by atoms with van der Waals surface area (Å²) in [7, 11) is -0.446. The fourth-order valence-electron chi connectivity index (χ4n) is 8.74. The van der Waals surface area contributed by atoms with Gasteiger partial charge in [-0.3, -0.25) is 0 Å². The van der Waals surface area contributed by atoms with E-state index in [4.69, 9.17) is 9.31 Å². The van der Waals surface area contributed by atoms with Crippen LogP contribution in [0.5, 0.6) is 0 Å². The minimum absolute atomic E-state index is 0.420. The van der Waals surface area contributed by atoms with Crippen LogP contribution in [-0.4, -0.2) is 18.3 Å². The average Bonchev–Trinajstić information content (AvgIpc) is 3.69. The summed E-state index contributed by atoms with van der Waals surface area (Å²) in [5.74, 6) is 0. The highest BCUT2D eigenvalue weighted by molar-refractivity contribution is 6.64. The summed E-state index contributed by atoms with van der Waals surface area (Å²) >= 11 is 0. The van der Waals surface area contributed by atoms with E-state index >= 15 is 0 Å². The molecule has 210 valence electrons. The van der Waals surface area contributed by atoms with Gasteiger partial charge in [-0.1, -0.05) is 109 Å². The second kappa shape index (κ2) is 7.98. The van der Waals surface area contributed by atoms with Gasteiger partial charge in [-0.25, -0.2) is 0 Å². The fraction of sp³-hybridized carbons (Fsp3) is 0.171. The molecule has 10 rings (SSSR count). The van der Waals surface area contributed by atoms with Gasteiger partial charge in [0.2, 0.25) is 0 Å². The third-order valence-corrected chi connectivity index (χ3v) is 11.3. The number of hydrogen-bond donors (Lipinski definition) is 0. The fourth-order valence-corrected chi connectivity index (χ4v) is 8.74. The van der Waals surface area contributed by atoms with Gasteiger partial charge >= 0.3 is 7.12 Å². The largest absolute Gasteiger partial charge is 0.495 e. The van der Waals surface area contributed by atoms with Gasteiger partial charge in [-0.15, -0.1) is 0 Å². The van der Waals surface area contributed by atoms with E-state index in [0.717, 1.165) is 5.46 Å². The second-order valence-corrected chi connectivity index (χ2v) is 13.8. The zero-order chi connectivity index (χ0) is 29.6. The molecule has 1 fully saturated rings. The van der Waals surface area contributed by atoms with Gasteiger partial charge in [0.25, 0.3) is 0 Å². The molecule has 0 saturated carbocycles. The quantitative estimate of drug-likeness (QED) is 0.185. The lowest BCUT2D eigenvalue weighted by Crippen LogP contribution is -2.41. The van der Waals surface area contributed by atoms with Crippen molar-refractivity contribution in [3.8, 4) is 44.5 Å². The molecule has 0 amide bonds. The Hall–Kier alpha value is -4.44. The van der Waals surface area contributed by atoms with Gasteiger partial charge in [0.15, 0.2) is 0 Å². The predicted molar refractivity (Wildman–Crippen MR) is 180 cm³/mol. The lowest BCUT2D eigenvalue weighted by molar-refractivity contribution is 0.00578. The molecule has 44 heavy (non-hydrogen) atoms. The lowest BCUT2D eigenvalue weighted by atomic mass is 9.68. The topological polar surface area (TPSA) is 18.5 Å². The molecule has 4 aliphatic rings. The number of benzene rings is 6. The first kappa shape index (κ1) is 24.9. The molecule has 2 nitrogen and oxygen atoms in total. The van der Waals surface area contributed by atoms with Crippen LogP contribution in [0.2, 0.25) is 0 Å². The van der Waals surface area contributed by atoms with E-state index in [9.17, 15) is 0 Å². The molecule has 3 heteroatoms. The third kappa shape index (κ3) is 2.73. The lowest BCUT2D eigenvalue weighted by Gasteiger charge is -2.32. The van der Waals surface area contributed by atoms with Crippen molar-refractivity contribution >= 4 is 23.4 Å². The molecule has 1 aliphatic heterocycles. The molecule has 1 spiro atoms. The van der Waals surface area contributed by atoms with Crippen molar-refractivity contribution in [1.29, 1.82) is 0 Å². The molecule has 0 bridgehead atoms. The van der Waals surface area contributed by atoms with Gasteiger partial charge in [-0.05, 0) is 117 Å². The van der Waals surface area contributed by atoms with Crippen LogP contribution in [0.25, 0.3) is 55.3 Å². The summed E-state index contributed by atoms with van der Waals surface area (Å²) in [5, 5.41) is 2.71. The Bertz CT molecular complexity index is 2240. The van der Waals surface area contributed by atoms with Crippen LogP contribution in [-0.2, 0) is 14.7 Å². The SMILES string of the molecule is CC1(C)OB(c2cccc3c2-c2ccccc2C32c3ccccc3-c3c2cc2c4c(cccc34)-c3ccccc3-2)OC1(C)C. The standard InChI is InChI=1S/C41H31BO2/c1-39(2)40(3,4)44-42(43-39)35-22-12-21-33-38(35)28-16-8-10-20-32(28)41(33)31-19-9-7-15-27(31)37-29-18-11-17-26-24-13-5-6-14-25(24)30(36(26)29)23-34(37)41/h5-23H,1-4H3. The van der Waals surface area contributed by atoms with Gasteiger partial charge < -0.3 is 9.31 Å². The highest BCUT2D eigenvalue weighted by Gasteiger charge is 2.56. The Labute approximate surface area is 258 Å².